The lowest BCUT2D eigenvalue weighted by Gasteiger charge is -2.10. The van der Waals surface area contributed by atoms with Gasteiger partial charge in [0.1, 0.15) is 17.8 Å². The number of aryl methyl sites for hydroxylation is 1. The van der Waals surface area contributed by atoms with Crippen molar-refractivity contribution in [1.82, 2.24) is 24.9 Å². The molecule has 0 spiro atoms. The number of halogens is 2. The highest BCUT2D eigenvalue weighted by Gasteiger charge is 2.39. The van der Waals surface area contributed by atoms with Crippen LogP contribution in [0.1, 0.15) is 26.6 Å². The van der Waals surface area contributed by atoms with E-state index in [0.717, 1.165) is 10.7 Å². The van der Waals surface area contributed by atoms with Gasteiger partial charge in [-0.3, -0.25) is 4.79 Å². The molecule has 1 aliphatic carbocycles. The third-order valence-corrected chi connectivity index (χ3v) is 4.17. The number of carbonyl (C=O) groups is 1. The second-order valence-electron chi connectivity index (χ2n) is 6.22. The van der Waals surface area contributed by atoms with Crippen LogP contribution in [0.25, 0.3) is 5.65 Å². The molecule has 8 nitrogen and oxygen atoms in total. The topological polar surface area (TPSA) is 96.2 Å². The van der Waals surface area contributed by atoms with Crippen molar-refractivity contribution in [1.29, 1.82) is 0 Å². The largest absolute Gasteiger partial charge is 0.385 e. The van der Waals surface area contributed by atoms with Crippen LogP contribution in [-0.2, 0) is 0 Å². The Morgan fingerprint density at radius 3 is 2.85 bits per heavy atom. The number of pyridine rings is 1. The first-order valence-electron chi connectivity index (χ1n) is 9.62. The number of imidazole rings is 1. The van der Waals surface area contributed by atoms with Crippen LogP contribution in [0.15, 0.2) is 24.5 Å². The van der Waals surface area contributed by atoms with Gasteiger partial charge >= 0.3 is 0 Å². The summed E-state index contributed by atoms with van der Waals surface area (Å²) in [5, 5.41) is 12.0. The van der Waals surface area contributed by atoms with E-state index in [4.69, 9.17) is 4.11 Å². The maximum Gasteiger partial charge on any atom is 0.271 e. The van der Waals surface area contributed by atoms with Gasteiger partial charge in [0.15, 0.2) is 17.2 Å². The van der Waals surface area contributed by atoms with E-state index in [1.165, 1.54) is 18.3 Å². The van der Waals surface area contributed by atoms with E-state index in [1.807, 2.05) is 0 Å². The SMILES string of the molecule is [2H]C([2H])([2H])Nc1cc(Nc2cc(C)c(F)cn2)nn2c(C(=O)N[C@@H]3C[C@@H]3F)cnc12. The number of nitrogens with one attached hydrogen (secondary N) is 3. The third kappa shape index (κ3) is 3.25. The summed E-state index contributed by atoms with van der Waals surface area (Å²) in [6, 6.07) is 2.28. The fourth-order valence-electron chi connectivity index (χ4n) is 2.57. The van der Waals surface area contributed by atoms with Gasteiger partial charge in [0.25, 0.3) is 5.91 Å². The smallest absolute Gasteiger partial charge is 0.271 e. The molecule has 1 amide bonds. The molecule has 140 valence electrons. The highest BCUT2D eigenvalue weighted by atomic mass is 19.1. The summed E-state index contributed by atoms with van der Waals surface area (Å²) < 4.78 is 50.2. The van der Waals surface area contributed by atoms with E-state index in [0.29, 0.717) is 5.56 Å². The van der Waals surface area contributed by atoms with Gasteiger partial charge in [0.05, 0.1) is 24.1 Å². The zero-order valence-corrected chi connectivity index (χ0v) is 14.1. The Kier molecular flexibility index (Phi) is 3.31. The van der Waals surface area contributed by atoms with Gasteiger partial charge in [-0.2, -0.15) is 0 Å². The molecule has 2 atom stereocenters. The van der Waals surface area contributed by atoms with Crippen molar-refractivity contribution in [2.45, 2.75) is 25.6 Å². The number of hydrogen-bond acceptors (Lipinski definition) is 6. The van der Waals surface area contributed by atoms with Gasteiger partial charge in [-0.15, -0.1) is 5.10 Å². The number of hydrogen-bond donors (Lipinski definition) is 3. The summed E-state index contributed by atoms with van der Waals surface area (Å²) in [7, 11) is 0. The quantitative estimate of drug-likeness (QED) is 0.632. The first-order chi connectivity index (χ1) is 14.1. The van der Waals surface area contributed by atoms with Crippen LogP contribution < -0.4 is 16.0 Å². The van der Waals surface area contributed by atoms with Crippen LogP contribution in [0.4, 0.5) is 26.1 Å². The van der Waals surface area contributed by atoms with Crippen LogP contribution in [0.5, 0.6) is 0 Å². The second-order valence-corrected chi connectivity index (χ2v) is 6.22. The fraction of sp³-hybridized carbons (Fsp3) is 0.294. The van der Waals surface area contributed by atoms with Crippen molar-refractivity contribution in [3.8, 4) is 0 Å². The van der Waals surface area contributed by atoms with Crippen molar-refractivity contribution in [2.75, 3.05) is 17.6 Å². The number of nitrogens with zero attached hydrogens (tertiary/aromatic N) is 4. The molecule has 3 aromatic heterocycles. The molecule has 0 unspecified atom stereocenters. The number of rotatable bonds is 5. The Bertz CT molecular complexity index is 1130. The van der Waals surface area contributed by atoms with Crippen LogP contribution in [0.2, 0.25) is 0 Å². The molecule has 0 saturated heterocycles. The Labute approximate surface area is 157 Å². The van der Waals surface area contributed by atoms with Gasteiger partial charge in [-0.1, -0.05) is 0 Å². The minimum atomic E-state index is -2.53. The summed E-state index contributed by atoms with van der Waals surface area (Å²) in [4.78, 5) is 20.5. The Balaban J connectivity index is 1.74. The van der Waals surface area contributed by atoms with E-state index in [2.05, 4.69) is 31.0 Å². The molecule has 3 N–H and O–H groups in total. The van der Waals surface area contributed by atoms with Crippen molar-refractivity contribution in [3.63, 3.8) is 0 Å². The number of anilines is 3. The molecule has 27 heavy (non-hydrogen) atoms. The molecule has 1 aliphatic rings. The summed E-state index contributed by atoms with van der Waals surface area (Å²) in [6.07, 6.45) is 1.42. The molecule has 1 saturated carbocycles. The lowest BCUT2D eigenvalue weighted by molar-refractivity contribution is 0.0940. The number of carbonyl (C=O) groups excluding carboxylic acids is 1. The van der Waals surface area contributed by atoms with Crippen LogP contribution in [0.3, 0.4) is 0 Å². The van der Waals surface area contributed by atoms with Crippen molar-refractivity contribution in [2.24, 2.45) is 0 Å². The Morgan fingerprint density at radius 1 is 1.33 bits per heavy atom. The number of fused-ring (bicyclic) bond motifs is 1. The van der Waals surface area contributed by atoms with E-state index < -0.39 is 30.9 Å². The Morgan fingerprint density at radius 2 is 2.15 bits per heavy atom. The average Bonchev–Trinajstić information content (AvgIpc) is 3.15. The second kappa shape index (κ2) is 6.45. The molecular formula is C17H17F2N7O. The van der Waals surface area contributed by atoms with Gasteiger partial charge in [0.2, 0.25) is 0 Å². The van der Waals surface area contributed by atoms with Gasteiger partial charge in [-0.05, 0) is 18.6 Å². The van der Waals surface area contributed by atoms with E-state index in [9.17, 15) is 13.6 Å². The molecule has 1 fully saturated rings. The summed E-state index contributed by atoms with van der Waals surface area (Å²) in [5.41, 5.74) is 0.532. The lowest BCUT2D eigenvalue weighted by Crippen LogP contribution is -2.28. The summed E-state index contributed by atoms with van der Waals surface area (Å²) in [5.74, 6) is -0.666. The highest BCUT2D eigenvalue weighted by Crippen LogP contribution is 2.26. The lowest BCUT2D eigenvalue weighted by atomic mass is 10.3. The Hall–Kier alpha value is -3.30. The van der Waals surface area contributed by atoms with Gasteiger partial charge in [-0.25, -0.2) is 23.3 Å². The molecule has 3 heterocycles. The molecule has 4 rings (SSSR count). The van der Waals surface area contributed by atoms with E-state index in [1.54, 1.807) is 6.92 Å². The van der Waals surface area contributed by atoms with Crippen LogP contribution in [0, 0.1) is 12.7 Å². The highest BCUT2D eigenvalue weighted by molar-refractivity contribution is 5.94. The zero-order valence-electron chi connectivity index (χ0n) is 17.1. The zero-order chi connectivity index (χ0) is 21.6. The monoisotopic (exact) mass is 376 g/mol. The van der Waals surface area contributed by atoms with Crippen molar-refractivity contribution >= 4 is 28.9 Å². The van der Waals surface area contributed by atoms with Crippen molar-refractivity contribution in [3.05, 3.63) is 41.6 Å². The normalized spacial score (nSPS) is 20.5. The summed E-state index contributed by atoms with van der Waals surface area (Å²) >= 11 is 0. The summed E-state index contributed by atoms with van der Waals surface area (Å²) in [6.45, 7) is -0.970. The van der Waals surface area contributed by atoms with E-state index >= 15 is 0 Å². The van der Waals surface area contributed by atoms with Gasteiger partial charge in [0, 0.05) is 23.6 Å². The first-order valence-corrected chi connectivity index (χ1v) is 8.12. The van der Waals surface area contributed by atoms with E-state index in [-0.39, 0.29) is 35.1 Å². The standard InChI is InChI=1S/C17H17F2N7O/c1-8-3-14(21-6-10(8)19)24-15-5-12(20-2)16-22-7-13(26(16)25-15)17(27)23-11-4-9(11)18/h3,5-7,9,11,20H,4H2,1-2H3,(H,23,27)(H,21,24,25)/t9-,11+/m0/s1/i2D3. The minimum Gasteiger partial charge on any atom is -0.385 e. The third-order valence-electron chi connectivity index (χ3n) is 4.17. The van der Waals surface area contributed by atoms with Crippen LogP contribution in [-0.4, -0.2) is 44.7 Å². The fourth-order valence-corrected chi connectivity index (χ4v) is 2.57. The number of amides is 1. The number of alkyl halides is 1. The maximum absolute atomic E-state index is 13.5. The molecule has 0 bridgehead atoms. The maximum atomic E-state index is 13.5. The number of aromatic nitrogens is 4. The predicted molar refractivity (Wildman–Crippen MR) is 95.5 cm³/mol. The molecule has 0 aromatic carbocycles. The predicted octanol–water partition coefficient (Wildman–Crippen LogP) is 2.20. The first kappa shape index (κ1) is 13.8. The van der Waals surface area contributed by atoms with Crippen LogP contribution >= 0.6 is 0 Å². The van der Waals surface area contributed by atoms with Gasteiger partial charge < -0.3 is 16.0 Å². The average molecular weight is 376 g/mol. The molecule has 10 heteroatoms. The van der Waals surface area contributed by atoms with Crippen molar-refractivity contribution < 1.29 is 17.7 Å². The molecule has 0 radical (unpaired) electrons. The molecule has 0 aliphatic heterocycles. The molecular weight excluding hydrogens is 356 g/mol. The molecule has 3 aromatic rings. The minimum absolute atomic E-state index is 0.00425.